The van der Waals surface area contributed by atoms with Crippen LogP contribution in [0.4, 0.5) is 0 Å². The summed E-state index contributed by atoms with van der Waals surface area (Å²) in [6.45, 7) is 4.86. The number of carbonyl (C=O) groups is 1. The second kappa shape index (κ2) is 7.69. The molecule has 0 radical (unpaired) electrons. The largest absolute Gasteiger partial charge is 0.352 e. The zero-order valence-corrected chi connectivity index (χ0v) is 13.1. The Bertz CT molecular complexity index is 605. The van der Waals surface area contributed by atoms with Crippen molar-refractivity contribution in [3.05, 3.63) is 52.2 Å². The number of aromatic nitrogens is 2. The fraction of sp³-hybridized carbons (Fsp3) is 0.312. The summed E-state index contributed by atoms with van der Waals surface area (Å²) in [6.07, 6.45) is 7.65. The van der Waals surface area contributed by atoms with E-state index in [9.17, 15) is 4.79 Å². The summed E-state index contributed by atoms with van der Waals surface area (Å²) in [4.78, 5) is 21.2. The van der Waals surface area contributed by atoms with E-state index in [-0.39, 0.29) is 5.91 Å². The average Bonchev–Trinajstić information content (AvgIpc) is 2.95. The number of thiazole rings is 1. The van der Waals surface area contributed by atoms with Crippen LogP contribution in [0.15, 0.2) is 36.1 Å². The van der Waals surface area contributed by atoms with Crippen molar-refractivity contribution in [1.82, 2.24) is 15.3 Å². The fourth-order valence-electron chi connectivity index (χ4n) is 1.91. The third kappa shape index (κ3) is 4.79. The normalized spacial score (nSPS) is 11.2. The van der Waals surface area contributed by atoms with E-state index in [1.54, 1.807) is 35.9 Å². The Labute approximate surface area is 129 Å². The molecule has 1 N–H and O–H groups in total. The van der Waals surface area contributed by atoms with Gasteiger partial charge in [0.1, 0.15) is 0 Å². The van der Waals surface area contributed by atoms with Gasteiger partial charge < -0.3 is 5.32 Å². The third-order valence-electron chi connectivity index (χ3n) is 3.00. The highest BCUT2D eigenvalue weighted by molar-refractivity contribution is 7.09. The molecule has 0 atom stereocenters. The van der Waals surface area contributed by atoms with Crippen LogP contribution in [0.3, 0.4) is 0 Å². The van der Waals surface area contributed by atoms with Crippen LogP contribution in [0.5, 0.6) is 0 Å². The third-order valence-corrected chi connectivity index (χ3v) is 4.15. The number of amides is 1. The van der Waals surface area contributed by atoms with Crippen molar-refractivity contribution < 1.29 is 4.79 Å². The minimum absolute atomic E-state index is 0.0910. The number of nitrogens with one attached hydrogen (secondary N) is 1. The van der Waals surface area contributed by atoms with Gasteiger partial charge in [-0.2, -0.15) is 0 Å². The van der Waals surface area contributed by atoms with E-state index in [4.69, 9.17) is 0 Å². The summed E-state index contributed by atoms with van der Waals surface area (Å²) in [6, 6.07) is 3.90. The molecule has 2 heterocycles. The van der Waals surface area contributed by atoms with Crippen LogP contribution in [0.2, 0.25) is 0 Å². The Morgan fingerprint density at radius 3 is 2.86 bits per heavy atom. The molecule has 0 saturated heterocycles. The van der Waals surface area contributed by atoms with Gasteiger partial charge in [-0.05, 0) is 36.1 Å². The summed E-state index contributed by atoms with van der Waals surface area (Å²) in [7, 11) is 0. The van der Waals surface area contributed by atoms with Gasteiger partial charge in [0.25, 0.3) is 0 Å². The van der Waals surface area contributed by atoms with E-state index in [1.807, 2.05) is 17.6 Å². The molecule has 2 aromatic rings. The molecule has 5 heteroatoms. The molecular formula is C16H19N3OS. The highest BCUT2D eigenvalue weighted by Crippen LogP contribution is 2.23. The van der Waals surface area contributed by atoms with Crippen LogP contribution in [-0.2, 0) is 11.2 Å². The average molecular weight is 301 g/mol. The molecular weight excluding hydrogens is 282 g/mol. The lowest BCUT2D eigenvalue weighted by atomic mass is 10.1. The van der Waals surface area contributed by atoms with Gasteiger partial charge in [-0.3, -0.25) is 9.78 Å². The van der Waals surface area contributed by atoms with Gasteiger partial charge in [0.15, 0.2) is 0 Å². The number of carbonyl (C=O) groups excluding carboxylic acids is 1. The van der Waals surface area contributed by atoms with Gasteiger partial charge in [0.05, 0.1) is 11.2 Å². The van der Waals surface area contributed by atoms with Gasteiger partial charge in [-0.1, -0.05) is 13.8 Å². The Hall–Kier alpha value is -2.01. The second-order valence-electron chi connectivity index (χ2n) is 4.99. The first kappa shape index (κ1) is 15.4. The highest BCUT2D eigenvalue weighted by atomic mass is 32.1. The Balaban J connectivity index is 1.81. The van der Waals surface area contributed by atoms with Gasteiger partial charge in [-0.25, -0.2) is 4.98 Å². The van der Waals surface area contributed by atoms with Crippen LogP contribution in [-0.4, -0.2) is 22.4 Å². The second-order valence-corrected chi connectivity index (χ2v) is 5.87. The Kier molecular flexibility index (Phi) is 5.63. The molecule has 4 nitrogen and oxygen atoms in total. The number of hydrogen-bond acceptors (Lipinski definition) is 4. The van der Waals surface area contributed by atoms with E-state index < -0.39 is 0 Å². The lowest BCUT2D eigenvalue weighted by Crippen LogP contribution is -2.23. The maximum atomic E-state index is 11.8. The fourth-order valence-corrected chi connectivity index (χ4v) is 2.71. The first-order valence-corrected chi connectivity index (χ1v) is 7.83. The standard InChI is InChI=1S/C16H19N3OS/c1-12(2)16-14(19-11-21-16)3-4-15(20)18-10-7-13-5-8-17-9-6-13/h3-6,8-9,11-12H,7,10H2,1-2H3,(H,18,20)/b4-3-. The zero-order chi connectivity index (χ0) is 15.1. The number of hydrogen-bond donors (Lipinski definition) is 1. The SMILES string of the molecule is CC(C)c1scnc1/C=C\C(=O)NCCc1ccncc1. The maximum Gasteiger partial charge on any atom is 0.244 e. The van der Waals surface area contributed by atoms with E-state index in [0.717, 1.165) is 17.7 Å². The van der Waals surface area contributed by atoms with Gasteiger partial charge in [0, 0.05) is 29.9 Å². The molecule has 2 aromatic heterocycles. The number of pyridine rings is 1. The molecule has 0 fully saturated rings. The first-order chi connectivity index (χ1) is 10.2. The summed E-state index contributed by atoms with van der Waals surface area (Å²) in [5.74, 6) is 0.332. The number of nitrogens with zero attached hydrogens (tertiary/aromatic N) is 2. The smallest absolute Gasteiger partial charge is 0.244 e. The molecule has 0 bridgehead atoms. The van der Waals surface area contributed by atoms with Gasteiger partial charge in [-0.15, -0.1) is 11.3 Å². The van der Waals surface area contributed by atoms with Crippen molar-refractivity contribution in [2.75, 3.05) is 6.54 Å². The van der Waals surface area contributed by atoms with Crippen molar-refractivity contribution in [1.29, 1.82) is 0 Å². The highest BCUT2D eigenvalue weighted by Gasteiger charge is 2.07. The minimum atomic E-state index is -0.0910. The topological polar surface area (TPSA) is 54.9 Å². The molecule has 21 heavy (non-hydrogen) atoms. The van der Waals surface area contributed by atoms with E-state index >= 15 is 0 Å². The lowest BCUT2D eigenvalue weighted by Gasteiger charge is -2.03. The summed E-state index contributed by atoms with van der Waals surface area (Å²) in [5.41, 5.74) is 3.87. The predicted octanol–water partition coefficient (Wildman–Crippen LogP) is 3.03. The Morgan fingerprint density at radius 1 is 1.38 bits per heavy atom. The van der Waals surface area contributed by atoms with Crippen molar-refractivity contribution in [3.63, 3.8) is 0 Å². The minimum Gasteiger partial charge on any atom is -0.352 e. The van der Waals surface area contributed by atoms with Crippen LogP contribution in [0.25, 0.3) is 6.08 Å². The molecule has 0 aliphatic carbocycles. The van der Waals surface area contributed by atoms with Gasteiger partial charge in [0.2, 0.25) is 5.91 Å². The molecule has 2 rings (SSSR count). The van der Waals surface area contributed by atoms with E-state index in [2.05, 4.69) is 29.1 Å². The van der Waals surface area contributed by atoms with E-state index in [0.29, 0.717) is 12.5 Å². The Morgan fingerprint density at radius 2 is 2.14 bits per heavy atom. The summed E-state index contributed by atoms with van der Waals surface area (Å²) < 4.78 is 0. The maximum absolute atomic E-state index is 11.8. The molecule has 0 saturated carbocycles. The zero-order valence-electron chi connectivity index (χ0n) is 12.2. The lowest BCUT2D eigenvalue weighted by molar-refractivity contribution is -0.116. The van der Waals surface area contributed by atoms with Crippen molar-refractivity contribution in [2.45, 2.75) is 26.2 Å². The van der Waals surface area contributed by atoms with Crippen molar-refractivity contribution in [2.24, 2.45) is 0 Å². The van der Waals surface area contributed by atoms with Crippen LogP contribution >= 0.6 is 11.3 Å². The van der Waals surface area contributed by atoms with E-state index in [1.165, 1.54) is 4.88 Å². The molecule has 0 unspecified atom stereocenters. The quantitative estimate of drug-likeness (QED) is 0.834. The predicted molar refractivity (Wildman–Crippen MR) is 86.2 cm³/mol. The van der Waals surface area contributed by atoms with Crippen LogP contribution in [0.1, 0.15) is 35.9 Å². The summed E-state index contributed by atoms with van der Waals surface area (Å²) >= 11 is 1.62. The molecule has 0 spiro atoms. The molecule has 1 amide bonds. The van der Waals surface area contributed by atoms with Crippen molar-refractivity contribution >= 4 is 23.3 Å². The first-order valence-electron chi connectivity index (χ1n) is 6.95. The number of rotatable bonds is 6. The van der Waals surface area contributed by atoms with Crippen molar-refractivity contribution in [3.8, 4) is 0 Å². The monoisotopic (exact) mass is 301 g/mol. The van der Waals surface area contributed by atoms with Crippen LogP contribution in [0, 0.1) is 0 Å². The molecule has 0 aromatic carbocycles. The van der Waals surface area contributed by atoms with Crippen LogP contribution < -0.4 is 5.32 Å². The molecule has 0 aliphatic rings. The van der Waals surface area contributed by atoms with Gasteiger partial charge >= 0.3 is 0 Å². The molecule has 0 aliphatic heterocycles. The summed E-state index contributed by atoms with van der Waals surface area (Å²) in [5, 5.41) is 2.87. The molecule has 110 valence electrons.